The highest BCUT2D eigenvalue weighted by Gasteiger charge is 2.19. The SMILES string of the molecule is COC(=O)[C@H](CC(C)C)N=Cc1cc(Br)cc(Br)c1O. The van der Waals surface area contributed by atoms with Crippen LogP contribution in [0.1, 0.15) is 25.8 Å². The summed E-state index contributed by atoms with van der Waals surface area (Å²) in [6, 6.07) is 2.91. The Labute approximate surface area is 135 Å². The molecule has 0 saturated heterocycles. The molecule has 6 heteroatoms. The van der Waals surface area contributed by atoms with E-state index in [4.69, 9.17) is 4.74 Å². The molecule has 0 aliphatic heterocycles. The van der Waals surface area contributed by atoms with Crippen molar-refractivity contribution in [2.24, 2.45) is 10.9 Å². The number of methoxy groups -OCH3 is 1. The number of aliphatic imine (C=N–C) groups is 1. The summed E-state index contributed by atoms with van der Waals surface area (Å²) in [5.74, 6) is 0.0349. The van der Waals surface area contributed by atoms with E-state index >= 15 is 0 Å². The molecule has 1 aromatic rings. The molecule has 0 aliphatic carbocycles. The number of benzene rings is 1. The van der Waals surface area contributed by atoms with Crippen LogP contribution in [-0.4, -0.2) is 30.4 Å². The Morgan fingerprint density at radius 2 is 2.10 bits per heavy atom. The lowest BCUT2D eigenvalue weighted by Crippen LogP contribution is -2.22. The maximum Gasteiger partial charge on any atom is 0.330 e. The van der Waals surface area contributed by atoms with E-state index < -0.39 is 6.04 Å². The van der Waals surface area contributed by atoms with E-state index in [1.165, 1.54) is 13.3 Å². The molecular formula is C14H17Br2NO3. The molecule has 1 rings (SSSR count). The van der Waals surface area contributed by atoms with E-state index in [0.717, 1.165) is 4.47 Å². The number of aromatic hydroxyl groups is 1. The number of halogens is 2. The van der Waals surface area contributed by atoms with Crippen molar-refractivity contribution in [1.82, 2.24) is 0 Å². The molecule has 0 unspecified atom stereocenters. The van der Waals surface area contributed by atoms with Gasteiger partial charge in [0, 0.05) is 16.3 Å². The number of phenols is 1. The fourth-order valence-electron chi connectivity index (χ4n) is 1.66. The van der Waals surface area contributed by atoms with Crippen molar-refractivity contribution >= 4 is 44.0 Å². The topological polar surface area (TPSA) is 58.9 Å². The van der Waals surface area contributed by atoms with E-state index in [9.17, 15) is 9.90 Å². The number of nitrogens with zero attached hydrogens (tertiary/aromatic N) is 1. The summed E-state index contributed by atoms with van der Waals surface area (Å²) in [5, 5.41) is 9.94. The quantitative estimate of drug-likeness (QED) is 0.595. The summed E-state index contributed by atoms with van der Waals surface area (Å²) in [5.41, 5.74) is 0.531. The lowest BCUT2D eigenvalue weighted by Gasteiger charge is -2.12. The van der Waals surface area contributed by atoms with Gasteiger partial charge in [-0.15, -0.1) is 0 Å². The number of carbonyl (C=O) groups excluding carboxylic acids is 1. The normalized spacial score (nSPS) is 12.9. The van der Waals surface area contributed by atoms with Crippen molar-refractivity contribution in [3.8, 4) is 5.75 Å². The van der Waals surface area contributed by atoms with E-state index in [2.05, 4.69) is 36.9 Å². The van der Waals surface area contributed by atoms with Gasteiger partial charge in [-0.3, -0.25) is 4.99 Å². The first-order valence-corrected chi connectivity index (χ1v) is 7.72. The van der Waals surface area contributed by atoms with Crippen LogP contribution in [0.25, 0.3) is 0 Å². The minimum Gasteiger partial charge on any atom is -0.506 e. The van der Waals surface area contributed by atoms with Gasteiger partial charge in [0.05, 0.1) is 11.6 Å². The monoisotopic (exact) mass is 405 g/mol. The smallest absolute Gasteiger partial charge is 0.330 e. The Kier molecular flexibility index (Phi) is 6.68. The van der Waals surface area contributed by atoms with Crippen molar-refractivity contribution in [3.05, 3.63) is 26.6 Å². The number of hydrogen-bond donors (Lipinski definition) is 1. The van der Waals surface area contributed by atoms with Crippen LogP contribution in [0, 0.1) is 5.92 Å². The molecule has 1 aromatic carbocycles. The Bertz CT molecular complexity index is 515. The molecule has 0 aliphatic rings. The van der Waals surface area contributed by atoms with Crippen LogP contribution >= 0.6 is 31.9 Å². The fourth-order valence-corrected chi connectivity index (χ4v) is 2.91. The molecule has 4 nitrogen and oxygen atoms in total. The van der Waals surface area contributed by atoms with Crippen LogP contribution in [0.2, 0.25) is 0 Å². The zero-order chi connectivity index (χ0) is 15.3. The van der Waals surface area contributed by atoms with Gasteiger partial charge in [0.1, 0.15) is 11.8 Å². The Morgan fingerprint density at radius 3 is 2.65 bits per heavy atom. The minimum atomic E-state index is -0.558. The van der Waals surface area contributed by atoms with Crippen molar-refractivity contribution < 1.29 is 14.6 Å². The lowest BCUT2D eigenvalue weighted by atomic mass is 10.0. The van der Waals surface area contributed by atoms with Gasteiger partial charge < -0.3 is 9.84 Å². The molecule has 0 saturated carbocycles. The van der Waals surface area contributed by atoms with Crippen LogP contribution in [0.3, 0.4) is 0 Å². The molecular weight excluding hydrogens is 390 g/mol. The molecule has 110 valence electrons. The van der Waals surface area contributed by atoms with Gasteiger partial charge in [-0.1, -0.05) is 29.8 Å². The van der Waals surface area contributed by atoms with Crippen LogP contribution in [0.4, 0.5) is 0 Å². The van der Waals surface area contributed by atoms with Gasteiger partial charge >= 0.3 is 5.97 Å². The molecule has 20 heavy (non-hydrogen) atoms. The van der Waals surface area contributed by atoms with Gasteiger partial charge in [-0.05, 0) is 40.4 Å². The van der Waals surface area contributed by atoms with Crippen LogP contribution in [0.5, 0.6) is 5.75 Å². The summed E-state index contributed by atoms with van der Waals surface area (Å²) in [4.78, 5) is 15.9. The zero-order valence-corrected chi connectivity index (χ0v) is 14.7. The second-order valence-electron chi connectivity index (χ2n) is 4.77. The third-order valence-electron chi connectivity index (χ3n) is 2.62. The van der Waals surface area contributed by atoms with Crippen molar-refractivity contribution in [2.45, 2.75) is 26.3 Å². The summed E-state index contributed by atoms with van der Waals surface area (Å²) < 4.78 is 6.12. The molecule has 0 bridgehead atoms. The molecule has 0 radical (unpaired) electrons. The fraction of sp³-hybridized carbons (Fsp3) is 0.429. The Hall–Kier alpha value is -0.880. The first-order chi connectivity index (χ1) is 9.35. The highest BCUT2D eigenvalue weighted by atomic mass is 79.9. The number of ether oxygens (including phenoxy) is 1. The second-order valence-corrected chi connectivity index (χ2v) is 6.54. The van der Waals surface area contributed by atoms with E-state index in [-0.39, 0.29) is 11.7 Å². The lowest BCUT2D eigenvalue weighted by molar-refractivity contribution is -0.142. The van der Waals surface area contributed by atoms with Gasteiger partial charge in [0.15, 0.2) is 0 Å². The number of hydrogen-bond acceptors (Lipinski definition) is 4. The predicted molar refractivity (Wildman–Crippen MR) is 86.4 cm³/mol. The highest BCUT2D eigenvalue weighted by molar-refractivity contribution is 9.11. The van der Waals surface area contributed by atoms with Crippen LogP contribution in [-0.2, 0) is 9.53 Å². The highest BCUT2D eigenvalue weighted by Crippen LogP contribution is 2.30. The number of carbonyl (C=O) groups is 1. The van der Waals surface area contributed by atoms with Gasteiger partial charge in [-0.2, -0.15) is 0 Å². The number of esters is 1. The number of rotatable bonds is 5. The minimum absolute atomic E-state index is 0.0881. The first-order valence-electron chi connectivity index (χ1n) is 6.14. The molecule has 0 amide bonds. The van der Waals surface area contributed by atoms with Crippen molar-refractivity contribution in [3.63, 3.8) is 0 Å². The molecule has 0 fully saturated rings. The van der Waals surface area contributed by atoms with E-state index in [0.29, 0.717) is 22.4 Å². The van der Waals surface area contributed by atoms with Crippen molar-refractivity contribution in [1.29, 1.82) is 0 Å². The number of phenolic OH excluding ortho intramolecular Hbond substituents is 1. The summed E-state index contributed by atoms with van der Waals surface area (Å²) in [6.45, 7) is 4.03. The summed E-state index contributed by atoms with van der Waals surface area (Å²) in [6.07, 6.45) is 2.09. The van der Waals surface area contributed by atoms with Crippen molar-refractivity contribution in [2.75, 3.05) is 7.11 Å². The first kappa shape index (κ1) is 17.2. The van der Waals surface area contributed by atoms with E-state index in [1.54, 1.807) is 12.1 Å². The average Bonchev–Trinajstić information content (AvgIpc) is 2.38. The second kappa shape index (κ2) is 7.78. The maximum absolute atomic E-state index is 11.7. The zero-order valence-electron chi connectivity index (χ0n) is 11.6. The molecule has 0 spiro atoms. The molecule has 0 aromatic heterocycles. The summed E-state index contributed by atoms with van der Waals surface area (Å²) >= 11 is 6.60. The van der Waals surface area contributed by atoms with Gasteiger partial charge in [0.25, 0.3) is 0 Å². The van der Waals surface area contributed by atoms with E-state index in [1.807, 2.05) is 13.8 Å². The Morgan fingerprint density at radius 1 is 1.45 bits per heavy atom. The third kappa shape index (κ3) is 4.90. The third-order valence-corrected chi connectivity index (χ3v) is 3.68. The molecule has 0 heterocycles. The van der Waals surface area contributed by atoms with Crippen LogP contribution < -0.4 is 0 Å². The Balaban J connectivity index is 3.01. The molecule has 1 atom stereocenters. The standard InChI is InChI=1S/C14H17Br2NO3/c1-8(2)4-12(14(19)20-3)17-7-9-5-10(15)6-11(16)13(9)18/h5-8,12,18H,4H2,1-3H3/t12-/m0/s1. The largest absolute Gasteiger partial charge is 0.506 e. The summed E-state index contributed by atoms with van der Waals surface area (Å²) in [7, 11) is 1.35. The van der Waals surface area contributed by atoms with Gasteiger partial charge in [-0.25, -0.2) is 4.79 Å². The molecule has 1 N–H and O–H groups in total. The average molecular weight is 407 g/mol. The predicted octanol–water partition coefficient (Wildman–Crippen LogP) is 3.92. The maximum atomic E-state index is 11.7. The van der Waals surface area contributed by atoms with Crippen LogP contribution in [0.15, 0.2) is 26.1 Å². The van der Waals surface area contributed by atoms with Gasteiger partial charge in [0.2, 0.25) is 0 Å².